The molecular formula is C19H26N2O. The highest BCUT2D eigenvalue weighted by Crippen LogP contribution is 2.24. The molecule has 0 aliphatic heterocycles. The summed E-state index contributed by atoms with van der Waals surface area (Å²) < 4.78 is 0. The lowest BCUT2D eigenvalue weighted by molar-refractivity contribution is 0.279. The predicted octanol–water partition coefficient (Wildman–Crippen LogP) is 3.81. The van der Waals surface area contributed by atoms with Gasteiger partial charge in [0.2, 0.25) is 0 Å². The van der Waals surface area contributed by atoms with Crippen LogP contribution in [0.3, 0.4) is 0 Å². The smallest absolute Gasteiger partial charge is 0.252 e. The molecule has 2 N–H and O–H groups in total. The molecule has 1 heterocycles. The largest absolute Gasteiger partial charge is 0.322 e. The van der Waals surface area contributed by atoms with Crippen molar-refractivity contribution in [3.8, 4) is 0 Å². The highest BCUT2D eigenvalue weighted by Gasteiger charge is 2.20. The van der Waals surface area contributed by atoms with Gasteiger partial charge in [0.15, 0.2) is 0 Å². The minimum Gasteiger partial charge on any atom is -0.322 e. The maximum Gasteiger partial charge on any atom is 0.252 e. The molecule has 3 rings (SSSR count). The van der Waals surface area contributed by atoms with E-state index < -0.39 is 0 Å². The lowest BCUT2D eigenvalue weighted by Crippen LogP contribution is -2.37. The standard InChI is InChI=1S/C19H26N2O/c1-12-6-4-5-7-17(12)20-11-16-10-15-8-13(2)14(3)9-18(15)21-19(16)22/h8-10,12,17,20H,4-7,11H2,1-3H3,(H,21,22). The van der Waals surface area contributed by atoms with E-state index in [2.05, 4.69) is 43.2 Å². The summed E-state index contributed by atoms with van der Waals surface area (Å²) in [6, 6.07) is 6.81. The minimum absolute atomic E-state index is 0.0340. The van der Waals surface area contributed by atoms with Crippen LogP contribution in [0.1, 0.15) is 49.3 Å². The van der Waals surface area contributed by atoms with Gasteiger partial charge < -0.3 is 10.3 Å². The molecule has 3 heteroatoms. The second-order valence-electron chi connectivity index (χ2n) is 6.90. The van der Waals surface area contributed by atoms with Gasteiger partial charge in [-0.3, -0.25) is 4.79 Å². The van der Waals surface area contributed by atoms with Gasteiger partial charge in [0.25, 0.3) is 5.56 Å². The quantitative estimate of drug-likeness (QED) is 0.905. The first-order valence-corrected chi connectivity index (χ1v) is 8.41. The Morgan fingerprint density at radius 1 is 1.14 bits per heavy atom. The van der Waals surface area contributed by atoms with Crippen molar-refractivity contribution in [2.45, 2.75) is 59.0 Å². The van der Waals surface area contributed by atoms with Gasteiger partial charge in [-0.15, -0.1) is 0 Å². The number of aryl methyl sites for hydroxylation is 2. The van der Waals surface area contributed by atoms with Crippen molar-refractivity contribution < 1.29 is 0 Å². The van der Waals surface area contributed by atoms with Crippen molar-refractivity contribution in [3.63, 3.8) is 0 Å². The van der Waals surface area contributed by atoms with Crippen LogP contribution in [0, 0.1) is 19.8 Å². The Hall–Kier alpha value is -1.61. The van der Waals surface area contributed by atoms with Crippen molar-refractivity contribution in [2.75, 3.05) is 0 Å². The summed E-state index contributed by atoms with van der Waals surface area (Å²) >= 11 is 0. The fraction of sp³-hybridized carbons (Fsp3) is 0.526. The molecule has 2 aromatic rings. The number of rotatable bonds is 3. The number of fused-ring (bicyclic) bond motifs is 1. The van der Waals surface area contributed by atoms with Gasteiger partial charge in [0.1, 0.15) is 0 Å². The zero-order valence-electron chi connectivity index (χ0n) is 13.8. The first-order valence-electron chi connectivity index (χ1n) is 8.41. The zero-order chi connectivity index (χ0) is 15.7. The number of nitrogens with one attached hydrogen (secondary N) is 2. The molecule has 0 radical (unpaired) electrons. The third kappa shape index (κ3) is 3.09. The van der Waals surface area contributed by atoms with Gasteiger partial charge in [-0.25, -0.2) is 0 Å². The van der Waals surface area contributed by atoms with Gasteiger partial charge in [-0.05, 0) is 67.3 Å². The Bertz CT molecular complexity index is 732. The van der Waals surface area contributed by atoms with Crippen LogP contribution in [0.5, 0.6) is 0 Å². The lowest BCUT2D eigenvalue weighted by Gasteiger charge is -2.29. The van der Waals surface area contributed by atoms with Gasteiger partial charge in [0.05, 0.1) is 0 Å². The third-order valence-corrected chi connectivity index (χ3v) is 5.20. The molecule has 0 bridgehead atoms. The Labute approximate surface area is 132 Å². The fourth-order valence-corrected chi connectivity index (χ4v) is 3.51. The molecule has 0 spiro atoms. The SMILES string of the molecule is Cc1cc2cc(CNC3CCCCC3C)c(=O)[nH]c2cc1C. The summed E-state index contributed by atoms with van der Waals surface area (Å²) in [4.78, 5) is 15.3. The monoisotopic (exact) mass is 298 g/mol. The van der Waals surface area contributed by atoms with Crippen LogP contribution >= 0.6 is 0 Å². The topological polar surface area (TPSA) is 44.9 Å². The number of benzene rings is 1. The second-order valence-corrected chi connectivity index (χ2v) is 6.90. The van der Waals surface area contributed by atoms with Crippen LogP contribution in [0.4, 0.5) is 0 Å². The Balaban J connectivity index is 1.83. The fourth-order valence-electron chi connectivity index (χ4n) is 3.51. The van der Waals surface area contributed by atoms with Crippen molar-refractivity contribution in [1.82, 2.24) is 10.3 Å². The Morgan fingerprint density at radius 2 is 1.86 bits per heavy atom. The molecule has 0 saturated heterocycles. The van der Waals surface area contributed by atoms with E-state index in [1.54, 1.807) is 0 Å². The van der Waals surface area contributed by atoms with Crippen LogP contribution in [0.15, 0.2) is 23.0 Å². The Morgan fingerprint density at radius 3 is 2.64 bits per heavy atom. The van der Waals surface area contributed by atoms with Crippen molar-refractivity contribution in [2.24, 2.45) is 5.92 Å². The first kappa shape index (κ1) is 15.3. The van der Waals surface area contributed by atoms with Crippen LogP contribution in [0.25, 0.3) is 10.9 Å². The summed E-state index contributed by atoms with van der Waals surface area (Å²) in [6.07, 6.45) is 5.16. The number of aromatic nitrogens is 1. The average Bonchev–Trinajstić information content (AvgIpc) is 2.48. The summed E-state index contributed by atoms with van der Waals surface area (Å²) in [5.41, 5.74) is 4.28. The van der Waals surface area contributed by atoms with Crippen LogP contribution in [-0.4, -0.2) is 11.0 Å². The molecule has 1 aliphatic carbocycles. The summed E-state index contributed by atoms with van der Waals surface area (Å²) in [6.45, 7) is 7.16. The molecule has 2 atom stereocenters. The highest BCUT2D eigenvalue weighted by molar-refractivity contribution is 5.80. The molecular weight excluding hydrogens is 272 g/mol. The number of pyridine rings is 1. The molecule has 1 aromatic heterocycles. The van der Waals surface area contributed by atoms with Crippen LogP contribution in [0.2, 0.25) is 0 Å². The molecule has 1 fully saturated rings. The van der Waals surface area contributed by atoms with E-state index >= 15 is 0 Å². The molecule has 0 amide bonds. The minimum atomic E-state index is 0.0340. The maximum atomic E-state index is 12.3. The number of hydrogen-bond acceptors (Lipinski definition) is 2. The zero-order valence-corrected chi connectivity index (χ0v) is 13.8. The van der Waals surface area contributed by atoms with Crippen molar-refractivity contribution in [1.29, 1.82) is 0 Å². The summed E-state index contributed by atoms with van der Waals surface area (Å²) in [5, 5.41) is 4.72. The molecule has 1 aromatic carbocycles. The second kappa shape index (κ2) is 6.25. The van der Waals surface area contributed by atoms with E-state index in [9.17, 15) is 4.79 Å². The lowest BCUT2D eigenvalue weighted by atomic mass is 9.86. The van der Waals surface area contributed by atoms with Crippen molar-refractivity contribution in [3.05, 3.63) is 45.2 Å². The molecule has 1 saturated carbocycles. The molecule has 1 aliphatic rings. The van der Waals surface area contributed by atoms with Gasteiger partial charge >= 0.3 is 0 Å². The van der Waals surface area contributed by atoms with E-state index in [0.717, 1.165) is 16.5 Å². The number of aromatic amines is 1. The average molecular weight is 298 g/mol. The van der Waals surface area contributed by atoms with Crippen LogP contribution in [-0.2, 0) is 6.54 Å². The Kier molecular flexibility index (Phi) is 4.34. The number of hydrogen-bond donors (Lipinski definition) is 2. The first-order chi connectivity index (χ1) is 10.5. The maximum absolute atomic E-state index is 12.3. The number of H-pyrrole nitrogens is 1. The molecule has 118 valence electrons. The van der Waals surface area contributed by atoms with E-state index in [4.69, 9.17) is 0 Å². The molecule has 2 unspecified atom stereocenters. The van der Waals surface area contributed by atoms with E-state index in [1.165, 1.54) is 36.8 Å². The van der Waals surface area contributed by atoms with E-state index in [1.807, 2.05) is 6.07 Å². The predicted molar refractivity (Wildman–Crippen MR) is 92.3 cm³/mol. The van der Waals surface area contributed by atoms with Crippen LogP contribution < -0.4 is 10.9 Å². The van der Waals surface area contributed by atoms with Gasteiger partial charge in [0, 0.05) is 23.7 Å². The molecule has 3 nitrogen and oxygen atoms in total. The summed E-state index contributed by atoms with van der Waals surface area (Å²) in [7, 11) is 0. The summed E-state index contributed by atoms with van der Waals surface area (Å²) in [5.74, 6) is 0.707. The van der Waals surface area contributed by atoms with Gasteiger partial charge in [-0.2, -0.15) is 0 Å². The van der Waals surface area contributed by atoms with Gasteiger partial charge in [-0.1, -0.05) is 19.8 Å². The van der Waals surface area contributed by atoms with E-state index in [0.29, 0.717) is 18.5 Å². The van der Waals surface area contributed by atoms with Crippen molar-refractivity contribution >= 4 is 10.9 Å². The molecule has 22 heavy (non-hydrogen) atoms. The normalized spacial score (nSPS) is 22.1. The highest BCUT2D eigenvalue weighted by atomic mass is 16.1. The third-order valence-electron chi connectivity index (χ3n) is 5.20. The van der Waals surface area contributed by atoms with E-state index in [-0.39, 0.29) is 5.56 Å².